The number of nitrogens with zero attached hydrogens (tertiary/aromatic N) is 2. The molecule has 4 rings (SSSR count). The van der Waals surface area contributed by atoms with Crippen LogP contribution in [0.25, 0.3) is 21.3 Å². The van der Waals surface area contributed by atoms with Gasteiger partial charge in [-0.25, -0.2) is 4.98 Å². The Hall–Kier alpha value is -2.38. The number of benzene rings is 2. The number of hydrogen-bond acceptors (Lipinski definition) is 5. The summed E-state index contributed by atoms with van der Waals surface area (Å²) < 4.78 is 6.96. The molecule has 0 aliphatic carbocycles. The summed E-state index contributed by atoms with van der Waals surface area (Å²) in [6, 6.07) is 14.5. The van der Waals surface area contributed by atoms with E-state index in [9.17, 15) is 9.90 Å². The minimum absolute atomic E-state index is 0.0268. The minimum Gasteiger partial charge on any atom is -0.489 e. The Morgan fingerprint density at radius 2 is 1.97 bits per heavy atom. The van der Waals surface area contributed by atoms with E-state index < -0.39 is 6.10 Å². The highest BCUT2D eigenvalue weighted by molar-refractivity contribution is 7.17. The van der Waals surface area contributed by atoms with E-state index in [2.05, 4.69) is 4.98 Å². The molecule has 0 amide bonds. The van der Waals surface area contributed by atoms with Gasteiger partial charge in [0.05, 0.1) is 23.3 Å². The monoisotopic (exact) mass is 446 g/mol. The number of aromatic nitrogens is 2. The molecule has 8 heteroatoms. The second kappa shape index (κ2) is 8.55. The van der Waals surface area contributed by atoms with Crippen molar-refractivity contribution in [3.05, 3.63) is 80.6 Å². The average molecular weight is 447 g/mol. The molecule has 29 heavy (non-hydrogen) atoms. The van der Waals surface area contributed by atoms with Crippen molar-refractivity contribution in [3.63, 3.8) is 0 Å². The van der Waals surface area contributed by atoms with Crippen molar-refractivity contribution < 1.29 is 9.84 Å². The maximum atomic E-state index is 13.0. The summed E-state index contributed by atoms with van der Waals surface area (Å²) >= 11 is 13.4. The zero-order chi connectivity index (χ0) is 20.4. The van der Waals surface area contributed by atoms with Crippen LogP contribution in [-0.4, -0.2) is 27.4 Å². The summed E-state index contributed by atoms with van der Waals surface area (Å²) in [5.74, 6) is 0.417. The number of aliphatic hydroxyl groups is 1. The van der Waals surface area contributed by atoms with Crippen LogP contribution in [0.15, 0.2) is 65.0 Å². The maximum Gasteiger partial charge on any atom is 0.262 e. The van der Waals surface area contributed by atoms with Gasteiger partial charge in [-0.3, -0.25) is 9.36 Å². The van der Waals surface area contributed by atoms with Crippen LogP contribution in [0.4, 0.5) is 0 Å². The molecule has 2 heterocycles. The van der Waals surface area contributed by atoms with Crippen LogP contribution in [0.5, 0.6) is 5.75 Å². The van der Waals surface area contributed by atoms with E-state index in [0.717, 1.165) is 11.1 Å². The first kappa shape index (κ1) is 19.9. The molecule has 0 bridgehead atoms. The summed E-state index contributed by atoms with van der Waals surface area (Å²) in [6.45, 7) is 0.0259. The van der Waals surface area contributed by atoms with E-state index >= 15 is 0 Å². The third kappa shape index (κ3) is 4.31. The predicted molar refractivity (Wildman–Crippen MR) is 117 cm³/mol. The van der Waals surface area contributed by atoms with Gasteiger partial charge in [-0.15, -0.1) is 11.3 Å². The molecular weight excluding hydrogens is 431 g/mol. The van der Waals surface area contributed by atoms with Crippen LogP contribution in [0.2, 0.25) is 10.0 Å². The second-order valence-corrected chi connectivity index (χ2v) is 8.14. The highest BCUT2D eigenvalue weighted by atomic mass is 35.5. The van der Waals surface area contributed by atoms with Crippen molar-refractivity contribution in [2.45, 2.75) is 12.6 Å². The minimum atomic E-state index is -0.919. The molecule has 5 nitrogen and oxygen atoms in total. The number of thiophene rings is 1. The molecule has 0 saturated carbocycles. The van der Waals surface area contributed by atoms with Gasteiger partial charge in [-0.05, 0) is 23.8 Å². The standard InChI is InChI=1S/C21H16Cl2N2O3S/c22-14-6-7-18(17(23)8-14)28-10-15(26)9-25-12-24-20-19(21(25)27)16(11-29-20)13-4-2-1-3-5-13/h1-8,11-12,15,26H,9-10H2/t15-/m0/s1. The molecular formula is C21H16Cl2N2O3S. The van der Waals surface area contributed by atoms with Crippen LogP contribution in [-0.2, 0) is 6.54 Å². The molecule has 2 aromatic carbocycles. The van der Waals surface area contributed by atoms with Crippen LogP contribution < -0.4 is 10.3 Å². The number of aliphatic hydroxyl groups excluding tert-OH is 1. The molecule has 0 spiro atoms. The fourth-order valence-corrected chi connectivity index (χ4v) is 4.36. The lowest BCUT2D eigenvalue weighted by Crippen LogP contribution is -2.30. The SMILES string of the molecule is O=c1c2c(-c3ccccc3)csc2ncn1C[C@H](O)COc1ccc(Cl)cc1Cl. The Bertz CT molecular complexity index is 1210. The van der Waals surface area contributed by atoms with Gasteiger partial charge in [0.1, 0.15) is 23.3 Å². The van der Waals surface area contributed by atoms with E-state index in [0.29, 0.717) is 26.0 Å². The zero-order valence-corrected chi connectivity index (χ0v) is 17.4. The van der Waals surface area contributed by atoms with Crippen molar-refractivity contribution in [1.82, 2.24) is 9.55 Å². The first-order chi connectivity index (χ1) is 14.0. The fourth-order valence-electron chi connectivity index (χ4n) is 2.99. The molecule has 0 saturated heterocycles. The fraction of sp³-hybridized carbons (Fsp3) is 0.143. The lowest BCUT2D eigenvalue weighted by Gasteiger charge is -2.14. The molecule has 2 aromatic heterocycles. The summed E-state index contributed by atoms with van der Waals surface area (Å²) in [4.78, 5) is 18.1. The Labute approximate surface area is 180 Å². The summed E-state index contributed by atoms with van der Waals surface area (Å²) in [7, 11) is 0. The number of ether oxygens (including phenoxy) is 1. The van der Waals surface area contributed by atoms with E-state index in [4.69, 9.17) is 27.9 Å². The van der Waals surface area contributed by atoms with Crippen molar-refractivity contribution in [2.24, 2.45) is 0 Å². The molecule has 0 unspecified atom stereocenters. The lowest BCUT2D eigenvalue weighted by atomic mass is 10.1. The molecule has 4 aromatic rings. The largest absolute Gasteiger partial charge is 0.489 e. The first-order valence-electron chi connectivity index (χ1n) is 8.81. The predicted octanol–water partition coefficient (Wildman–Crippen LogP) is 4.87. The van der Waals surface area contributed by atoms with Crippen LogP contribution in [0.3, 0.4) is 0 Å². The smallest absolute Gasteiger partial charge is 0.262 e. The summed E-state index contributed by atoms with van der Waals surface area (Å²) in [6.07, 6.45) is 0.534. The topological polar surface area (TPSA) is 64.4 Å². The Morgan fingerprint density at radius 3 is 2.72 bits per heavy atom. The van der Waals surface area contributed by atoms with Gasteiger partial charge in [0.25, 0.3) is 5.56 Å². The second-order valence-electron chi connectivity index (χ2n) is 6.44. The third-order valence-electron chi connectivity index (χ3n) is 4.38. The molecule has 0 aliphatic heterocycles. The van der Waals surface area contributed by atoms with Gasteiger partial charge in [0, 0.05) is 16.0 Å². The van der Waals surface area contributed by atoms with Crippen molar-refractivity contribution >= 4 is 44.8 Å². The van der Waals surface area contributed by atoms with Crippen LogP contribution in [0.1, 0.15) is 0 Å². The van der Waals surface area contributed by atoms with Crippen molar-refractivity contribution in [2.75, 3.05) is 6.61 Å². The Kier molecular flexibility index (Phi) is 5.87. The van der Waals surface area contributed by atoms with Gasteiger partial charge < -0.3 is 9.84 Å². The molecule has 1 N–H and O–H groups in total. The molecule has 0 aliphatic rings. The third-order valence-corrected chi connectivity index (χ3v) is 5.79. The molecule has 0 fully saturated rings. The average Bonchev–Trinajstić information content (AvgIpc) is 3.15. The molecule has 0 radical (unpaired) electrons. The lowest BCUT2D eigenvalue weighted by molar-refractivity contribution is 0.0915. The van der Waals surface area contributed by atoms with Crippen LogP contribution >= 0.6 is 34.5 Å². The quantitative estimate of drug-likeness (QED) is 0.458. The number of rotatable bonds is 6. The maximum absolute atomic E-state index is 13.0. The van der Waals surface area contributed by atoms with Crippen molar-refractivity contribution in [1.29, 1.82) is 0 Å². The van der Waals surface area contributed by atoms with Gasteiger partial charge in [-0.2, -0.15) is 0 Å². The van der Waals surface area contributed by atoms with Crippen LogP contribution in [0, 0.1) is 0 Å². The van der Waals surface area contributed by atoms with Gasteiger partial charge >= 0.3 is 0 Å². The normalized spacial score (nSPS) is 12.2. The Balaban J connectivity index is 1.55. The molecule has 148 valence electrons. The highest BCUT2D eigenvalue weighted by Crippen LogP contribution is 2.30. The number of hydrogen-bond donors (Lipinski definition) is 1. The van der Waals surface area contributed by atoms with Gasteiger partial charge in [-0.1, -0.05) is 53.5 Å². The van der Waals surface area contributed by atoms with E-state index in [1.54, 1.807) is 18.2 Å². The zero-order valence-electron chi connectivity index (χ0n) is 15.1. The van der Waals surface area contributed by atoms with Gasteiger partial charge in [0.15, 0.2) is 0 Å². The highest BCUT2D eigenvalue weighted by Gasteiger charge is 2.15. The van der Waals surface area contributed by atoms with Crippen molar-refractivity contribution in [3.8, 4) is 16.9 Å². The first-order valence-corrected chi connectivity index (χ1v) is 10.4. The number of halogens is 2. The van der Waals surface area contributed by atoms with E-state index in [-0.39, 0.29) is 18.7 Å². The number of fused-ring (bicyclic) bond motifs is 1. The van der Waals surface area contributed by atoms with E-state index in [1.807, 2.05) is 35.7 Å². The van der Waals surface area contributed by atoms with Gasteiger partial charge in [0.2, 0.25) is 0 Å². The summed E-state index contributed by atoms with van der Waals surface area (Å²) in [5.41, 5.74) is 1.60. The summed E-state index contributed by atoms with van der Waals surface area (Å²) in [5, 5.41) is 13.7. The Morgan fingerprint density at radius 1 is 1.17 bits per heavy atom. The van der Waals surface area contributed by atoms with E-state index in [1.165, 1.54) is 22.2 Å². The molecule has 1 atom stereocenters.